The Balaban J connectivity index is 1.38. The summed E-state index contributed by atoms with van der Waals surface area (Å²) in [6.45, 7) is 7.63. The van der Waals surface area contributed by atoms with E-state index in [2.05, 4.69) is 22.3 Å². The van der Waals surface area contributed by atoms with Crippen LogP contribution in [0.2, 0.25) is 0 Å². The molecule has 6 heteroatoms. The second-order valence-corrected chi connectivity index (χ2v) is 7.28. The molecule has 3 rings (SSSR count). The average Bonchev–Trinajstić information content (AvgIpc) is 3.01. The summed E-state index contributed by atoms with van der Waals surface area (Å²) >= 11 is 0. The van der Waals surface area contributed by atoms with Crippen LogP contribution in [0.25, 0.3) is 6.08 Å². The maximum absolute atomic E-state index is 12.2. The van der Waals surface area contributed by atoms with Crippen molar-refractivity contribution in [2.75, 3.05) is 45.9 Å². The second kappa shape index (κ2) is 9.67. The number of aryl methyl sites for hydroxylation is 1. The highest BCUT2D eigenvalue weighted by molar-refractivity contribution is 5.83. The molecular formula is C21H29N3O3. The zero-order valence-corrected chi connectivity index (χ0v) is 16.0. The van der Waals surface area contributed by atoms with Crippen LogP contribution in [-0.4, -0.2) is 73.6 Å². The van der Waals surface area contributed by atoms with Gasteiger partial charge >= 0.3 is 0 Å². The number of hydrogen-bond donors (Lipinski definition) is 1. The molecule has 2 fully saturated rings. The van der Waals surface area contributed by atoms with Gasteiger partial charge < -0.3 is 15.0 Å². The van der Waals surface area contributed by atoms with E-state index in [0.29, 0.717) is 19.4 Å². The zero-order chi connectivity index (χ0) is 19.1. The number of carbonyl (C=O) groups is 2. The van der Waals surface area contributed by atoms with Gasteiger partial charge in [0, 0.05) is 45.6 Å². The number of nitrogens with zero attached hydrogens (tertiary/aromatic N) is 2. The Kier molecular flexibility index (Phi) is 7.01. The van der Waals surface area contributed by atoms with Gasteiger partial charge in [0.1, 0.15) is 0 Å². The summed E-state index contributed by atoms with van der Waals surface area (Å²) in [5.74, 6) is 0.0925. The van der Waals surface area contributed by atoms with E-state index in [1.54, 1.807) is 0 Å². The first kappa shape index (κ1) is 19.6. The van der Waals surface area contributed by atoms with Crippen molar-refractivity contribution in [3.63, 3.8) is 0 Å². The predicted octanol–water partition coefficient (Wildman–Crippen LogP) is 1.45. The summed E-state index contributed by atoms with van der Waals surface area (Å²) in [7, 11) is 0. The quantitative estimate of drug-likeness (QED) is 0.788. The minimum absolute atomic E-state index is 0.0359. The number of carbonyl (C=O) groups excluding carboxylic acids is 2. The van der Waals surface area contributed by atoms with Gasteiger partial charge in [-0.25, -0.2) is 0 Å². The van der Waals surface area contributed by atoms with E-state index >= 15 is 0 Å². The summed E-state index contributed by atoms with van der Waals surface area (Å²) < 4.78 is 5.34. The summed E-state index contributed by atoms with van der Waals surface area (Å²) in [4.78, 5) is 28.5. The van der Waals surface area contributed by atoms with Crippen LogP contribution < -0.4 is 5.32 Å². The molecule has 6 nitrogen and oxygen atoms in total. The molecule has 1 N–H and O–H groups in total. The third-order valence-electron chi connectivity index (χ3n) is 5.06. The van der Waals surface area contributed by atoms with Gasteiger partial charge in [-0.05, 0) is 12.5 Å². The van der Waals surface area contributed by atoms with E-state index in [0.717, 1.165) is 45.0 Å². The molecule has 0 radical (unpaired) electrons. The maximum atomic E-state index is 12.2. The molecule has 2 heterocycles. The minimum Gasteiger partial charge on any atom is -0.379 e. The highest BCUT2D eigenvalue weighted by Gasteiger charge is 2.30. The molecule has 0 aromatic heterocycles. The minimum atomic E-state index is -0.0811. The van der Waals surface area contributed by atoms with Crippen LogP contribution in [0.3, 0.4) is 0 Å². The number of rotatable bonds is 7. The Labute approximate surface area is 161 Å². The van der Waals surface area contributed by atoms with E-state index in [1.807, 2.05) is 36.1 Å². The van der Waals surface area contributed by atoms with Crippen molar-refractivity contribution in [1.82, 2.24) is 15.1 Å². The van der Waals surface area contributed by atoms with Gasteiger partial charge in [0.15, 0.2) is 0 Å². The fraction of sp³-hybridized carbons (Fsp3) is 0.524. The van der Waals surface area contributed by atoms with E-state index in [9.17, 15) is 9.59 Å². The van der Waals surface area contributed by atoms with E-state index in [1.165, 1.54) is 5.56 Å². The van der Waals surface area contributed by atoms with Gasteiger partial charge in [0.25, 0.3) is 0 Å². The molecule has 0 aliphatic carbocycles. The first-order valence-corrected chi connectivity index (χ1v) is 9.70. The van der Waals surface area contributed by atoms with Crippen LogP contribution >= 0.6 is 0 Å². The normalized spacial score (nSPS) is 21.1. The third-order valence-corrected chi connectivity index (χ3v) is 5.06. The summed E-state index contributed by atoms with van der Waals surface area (Å²) in [5.41, 5.74) is 2.30. The molecule has 27 heavy (non-hydrogen) atoms. The van der Waals surface area contributed by atoms with Crippen LogP contribution in [0.4, 0.5) is 0 Å². The van der Waals surface area contributed by atoms with Crippen molar-refractivity contribution >= 4 is 17.9 Å². The Morgan fingerprint density at radius 3 is 2.70 bits per heavy atom. The lowest BCUT2D eigenvalue weighted by Crippen LogP contribution is -2.42. The van der Waals surface area contributed by atoms with Crippen molar-refractivity contribution in [1.29, 1.82) is 0 Å². The Bertz CT molecular complexity index is 666. The van der Waals surface area contributed by atoms with E-state index in [-0.39, 0.29) is 17.9 Å². The first-order valence-electron chi connectivity index (χ1n) is 9.70. The van der Waals surface area contributed by atoms with Crippen molar-refractivity contribution in [2.45, 2.75) is 25.8 Å². The molecule has 0 spiro atoms. The number of amides is 2. The van der Waals surface area contributed by atoms with Crippen LogP contribution in [0, 0.1) is 6.92 Å². The fourth-order valence-electron chi connectivity index (χ4n) is 3.44. The summed E-state index contributed by atoms with van der Waals surface area (Å²) in [6, 6.07) is 8.09. The van der Waals surface area contributed by atoms with E-state index < -0.39 is 0 Å². The zero-order valence-electron chi connectivity index (χ0n) is 16.0. The molecule has 2 saturated heterocycles. The Hall–Kier alpha value is -2.18. The SMILES string of the molecule is Cc1ccc(/C=C/CC(=O)NC2CC(=O)N(CCN3CCOCC3)C2)cc1. The molecular weight excluding hydrogens is 342 g/mol. The summed E-state index contributed by atoms with van der Waals surface area (Å²) in [6.07, 6.45) is 4.54. The molecule has 2 aliphatic rings. The van der Waals surface area contributed by atoms with Crippen molar-refractivity contribution in [2.24, 2.45) is 0 Å². The number of likely N-dealkylation sites (tertiary alicyclic amines) is 1. The van der Waals surface area contributed by atoms with Gasteiger partial charge in [-0.15, -0.1) is 0 Å². The molecule has 2 amide bonds. The average molecular weight is 371 g/mol. The molecule has 1 aromatic rings. The molecule has 1 aromatic carbocycles. The van der Waals surface area contributed by atoms with Crippen LogP contribution in [0.5, 0.6) is 0 Å². The number of hydrogen-bond acceptors (Lipinski definition) is 4. The number of morpholine rings is 1. The topological polar surface area (TPSA) is 61.9 Å². The number of nitrogens with one attached hydrogen (secondary N) is 1. The van der Waals surface area contributed by atoms with Crippen LogP contribution in [-0.2, 0) is 14.3 Å². The van der Waals surface area contributed by atoms with Gasteiger partial charge in [-0.3, -0.25) is 14.5 Å². The summed E-state index contributed by atoms with van der Waals surface area (Å²) in [5, 5.41) is 2.99. The standard InChI is InChI=1S/C21H29N3O3/c1-17-5-7-18(8-6-17)3-2-4-20(25)22-19-15-21(26)24(16-19)10-9-23-11-13-27-14-12-23/h2-3,5-8,19H,4,9-16H2,1H3,(H,22,25)/b3-2+. The lowest BCUT2D eigenvalue weighted by atomic mass is 10.1. The van der Waals surface area contributed by atoms with Gasteiger partial charge in [0.05, 0.1) is 19.3 Å². The molecule has 0 saturated carbocycles. The van der Waals surface area contributed by atoms with Crippen LogP contribution in [0.1, 0.15) is 24.0 Å². The molecule has 0 bridgehead atoms. The first-order chi connectivity index (χ1) is 13.1. The lowest BCUT2D eigenvalue weighted by molar-refractivity contribution is -0.128. The fourth-order valence-corrected chi connectivity index (χ4v) is 3.44. The smallest absolute Gasteiger partial charge is 0.224 e. The highest BCUT2D eigenvalue weighted by Crippen LogP contribution is 2.12. The van der Waals surface area contributed by atoms with Crippen LogP contribution in [0.15, 0.2) is 30.3 Å². The van der Waals surface area contributed by atoms with Crippen molar-refractivity contribution in [3.8, 4) is 0 Å². The third kappa shape index (κ3) is 6.19. The predicted molar refractivity (Wildman–Crippen MR) is 105 cm³/mol. The molecule has 2 aliphatic heterocycles. The molecule has 1 unspecified atom stereocenters. The number of ether oxygens (including phenoxy) is 1. The van der Waals surface area contributed by atoms with Crippen molar-refractivity contribution in [3.05, 3.63) is 41.5 Å². The largest absolute Gasteiger partial charge is 0.379 e. The number of benzene rings is 1. The van der Waals surface area contributed by atoms with Gasteiger partial charge in [-0.1, -0.05) is 42.0 Å². The monoisotopic (exact) mass is 371 g/mol. The van der Waals surface area contributed by atoms with E-state index in [4.69, 9.17) is 4.74 Å². The van der Waals surface area contributed by atoms with Crippen molar-refractivity contribution < 1.29 is 14.3 Å². The Morgan fingerprint density at radius 1 is 1.22 bits per heavy atom. The maximum Gasteiger partial charge on any atom is 0.224 e. The van der Waals surface area contributed by atoms with Gasteiger partial charge in [-0.2, -0.15) is 0 Å². The second-order valence-electron chi connectivity index (χ2n) is 7.28. The van der Waals surface area contributed by atoms with Gasteiger partial charge in [0.2, 0.25) is 11.8 Å². The molecule has 1 atom stereocenters. The lowest BCUT2D eigenvalue weighted by Gasteiger charge is -2.28. The highest BCUT2D eigenvalue weighted by atomic mass is 16.5. The Morgan fingerprint density at radius 2 is 1.96 bits per heavy atom. The molecule has 146 valence electrons.